The van der Waals surface area contributed by atoms with E-state index in [9.17, 15) is 22.8 Å². The van der Waals surface area contributed by atoms with Gasteiger partial charge in [-0.05, 0) is 45.0 Å². The van der Waals surface area contributed by atoms with E-state index in [1.165, 1.54) is 19.1 Å². The molecule has 6 nitrogen and oxygen atoms in total. The van der Waals surface area contributed by atoms with Crippen LogP contribution >= 0.6 is 0 Å². The molecule has 1 N–H and O–H groups in total. The highest BCUT2D eigenvalue weighted by Gasteiger charge is 2.30. The van der Waals surface area contributed by atoms with Crippen molar-refractivity contribution in [2.75, 3.05) is 0 Å². The summed E-state index contributed by atoms with van der Waals surface area (Å²) < 4.78 is 46.1. The Labute approximate surface area is 182 Å². The van der Waals surface area contributed by atoms with Crippen molar-refractivity contribution in [3.8, 4) is 11.4 Å². The number of aromatic nitrogens is 2. The molecule has 3 rings (SSSR count). The molecule has 9 heteroatoms. The second kappa shape index (κ2) is 9.25. The van der Waals surface area contributed by atoms with E-state index in [0.29, 0.717) is 17.0 Å². The summed E-state index contributed by atoms with van der Waals surface area (Å²) in [7, 11) is 0. The average molecular weight is 445 g/mol. The molecule has 0 saturated heterocycles. The van der Waals surface area contributed by atoms with Crippen molar-refractivity contribution >= 4 is 5.91 Å². The van der Waals surface area contributed by atoms with Crippen molar-refractivity contribution in [2.24, 2.45) is 0 Å². The smallest absolute Gasteiger partial charge is 0.416 e. The van der Waals surface area contributed by atoms with Crippen LogP contribution in [0.1, 0.15) is 41.2 Å². The molecule has 1 heterocycles. The Morgan fingerprint density at radius 3 is 2.53 bits per heavy atom. The van der Waals surface area contributed by atoms with Gasteiger partial charge in [0.1, 0.15) is 5.75 Å². The lowest BCUT2D eigenvalue weighted by molar-refractivity contribution is -0.137. The van der Waals surface area contributed by atoms with E-state index >= 15 is 0 Å². The van der Waals surface area contributed by atoms with Gasteiger partial charge in [-0.3, -0.25) is 9.59 Å². The summed E-state index contributed by atoms with van der Waals surface area (Å²) in [6.07, 6.45) is -4.60. The van der Waals surface area contributed by atoms with Gasteiger partial charge in [0, 0.05) is 23.9 Å². The maximum absolute atomic E-state index is 13.1. The molecule has 0 bridgehead atoms. The Kier molecular flexibility index (Phi) is 6.67. The molecule has 3 aromatic rings. The number of aryl methyl sites for hydroxylation is 1. The first-order chi connectivity index (χ1) is 15.1. The zero-order valence-electron chi connectivity index (χ0n) is 17.7. The van der Waals surface area contributed by atoms with Crippen molar-refractivity contribution in [3.05, 3.63) is 87.3 Å². The van der Waals surface area contributed by atoms with Crippen LogP contribution in [0.4, 0.5) is 13.2 Å². The highest BCUT2D eigenvalue weighted by Crippen LogP contribution is 2.30. The number of amides is 1. The van der Waals surface area contributed by atoms with Crippen LogP contribution in [0, 0.1) is 6.92 Å². The minimum atomic E-state index is -4.53. The zero-order chi connectivity index (χ0) is 23.5. The standard InChI is InChI=1S/C23H22F3N3O3/c1-14(2)32-20-10-5-4-7-16(20)13-27-22(31)21-19(30)11-15(3)29(28-21)18-9-6-8-17(12-18)23(24,25)26/h4-12,14H,13H2,1-3H3,(H,27,31). The number of carbonyl (C=O) groups excluding carboxylic acids is 1. The van der Waals surface area contributed by atoms with Crippen molar-refractivity contribution < 1.29 is 22.7 Å². The van der Waals surface area contributed by atoms with Crippen LogP contribution < -0.4 is 15.5 Å². The minimum absolute atomic E-state index is 0.0646. The number of para-hydroxylation sites is 1. The molecule has 0 unspecified atom stereocenters. The van der Waals surface area contributed by atoms with Gasteiger partial charge in [-0.1, -0.05) is 24.3 Å². The Morgan fingerprint density at radius 1 is 1.12 bits per heavy atom. The molecule has 0 radical (unpaired) electrons. The van der Waals surface area contributed by atoms with Crippen LogP contribution in [0.15, 0.2) is 59.4 Å². The van der Waals surface area contributed by atoms with E-state index in [1.807, 2.05) is 13.8 Å². The molecule has 0 aliphatic rings. The topological polar surface area (TPSA) is 73.2 Å². The highest BCUT2D eigenvalue weighted by molar-refractivity contribution is 5.92. The molecular formula is C23H22F3N3O3. The maximum Gasteiger partial charge on any atom is 0.416 e. The number of halogens is 3. The number of benzene rings is 2. The molecule has 32 heavy (non-hydrogen) atoms. The lowest BCUT2D eigenvalue weighted by atomic mass is 10.2. The quantitative estimate of drug-likeness (QED) is 0.615. The fourth-order valence-corrected chi connectivity index (χ4v) is 3.06. The second-order valence-corrected chi connectivity index (χ2v) is 7.42. The van der Waals surface area contributed by atoms with Gasteiger partial charge in [0.2, 0.25) is 5.43 Å². The first-order valence-corrected chi connectivity index (χ1v) is 9.87. The molecule has 0 fully saturated rings. The number of ether oxygens (including phenoxy) is 1. The first-order valence-electron chi connectivity index (χ1n) is 9.87. The fraction of sp³-hybridized carbons (Fsp3) is 0.261. The second-order valence-electron chi connectivity index (χ2n) is 7.42. The van der Waals surface area contributed by atoms with Crippen LogP contribution in [-0.2, 0) is 12.7 Å². The number of hydrogen-bond donors (Lipinski definition) is 1. The van der Waals surface area contributed by atoms with Gasteiger partial charge in [-0.2, -0.15) is 18.3 Å². The van der Waals surface area contributed by atoms with E-state index in [-0.39, 0.29) is 18.3 Å². The summed E-state index contributed by atoms with van der Waals surface area (Å²) in [5, 5.41) is 6.67. The van der Waals surface area contributed by atoms with Crippen molar-refractivity contribution in [3.63, 3.8) is 0 Å². The predicted octanol–water partition coefficient (Wildman–Crippen LogP) is 4.28. The monoisotopic (exact) mass is 445 g/mol. The van der Waals surface area contributed by atoms with Gasteiger partial charge in [0.05, 0.1) is 17.4 Å². The number of rotatable bonds is 6. The Bertz CT molecular complexity index is 1190. The maximum atomic E-state index is 13.1. The first kappa shape index (κ1) is 23.1. The molecular weight excluding hydrogens is 423 g/mol. The van der Waals surface area contributed by atoms with E-state index in [0.717, 1.165) is 22.9 Å². The largest absolute Gasteiger partial charge is 0.491 e. The van der Waals surface area contributed by atoms with Crippen LogP contribution in [-0.4, -0.2) is 21.8 Å². The van der Waals surface area contributed by atoms with E-state index in [2.05, 4.69) is 10.4 Å². The van der Waals surface area contributed by atoms with E-state index in [4.69, 9.17) is 4.74 Å². The number of nitrogens with zero attached hydrogens (tertiary/aromatic N) is 2. The molecule has 0 saturated carbocycles. The lowest BCUT2D eigenvalue weighted by Crippen LogP contribution is -2.31. The van der Waals surface area contributed by atoms with Gasteiger partial charge in [0.15, 0.2) is 5.69 Å². The molecule has 1 aromatic heterocycles. The molecule has 2 aromatic carbocycles. The van der Waals surface area contributed by atoms with Gasteiger partial charge in [-0.15, -0.1) is 0 Å². The third-order valence-corrected chi connectivity index (χ3v) is 4.52. The van der Waals surface area contributed by atoms with E-state index < -0.39 is 28.8 Å². The van der Waals surface area contributed by atoms with Crippen LogP contribution in [0.5, 0.6) is 5.75 Å². The number of nitrogens with one attached hydrogen (secondary N) is 1. The fourth-order valence-electron chi connectivity index (χ4n) is 3.06. The third kappa shape index (κ3) is 5.35. The molecule has 1 amide bonds. The molecule has 0 spiro atoms. The van der Waals surface area contributed by atoms with Gasteiger partial charge in [0.25, 0.3) is 5.91 Å². The lowest BCUT2D eigenvalue weighted by Gasteiger charge is -2.15. The number of carbonyl (C=O) groups is 1. The number of alkyl halides is 3. The zero-order valence-corrected chi connectivity index (χ0v) is 17.7. The summed E-state index contributed by atoms with van der Waals surface area (Å²) in [5.74, 6) is -0.142. The summed E-state index contributed by atoms with van der Waals surface area (Å²) in [6, 6.07) is 12.8. The average Bonchev–Trinajstić information content (AvgIpc) is 2.72. The molecule has 0 atom stereocenters. The highest BCUT2D eigenvalue weighted by atomic mass is 19.4. The Balaban J connectivity index is 1.89. The van der Waals surface area contributed by atoms with Crippen molar-refractivity contribution in [2.45, 2.75) is 39.6 Å². The molecule has 0 aliphatic heterocycles. The predicted molar refractivity (Wildman–Crippen MR) is 113 cm³/mol. The van der Waals surface area contributed by atoms with Gasteiger partial charge >= 0.3 is 6.18 Å². The van der Waals surface area contributed by atoms with Crippen molar-refractivity contribution in [1.29, 1.82) is 0 Å². The Morgan fingerprint density at radius 2 is 1.84 bits per heavy atom. The third-order valence-electron chi connectivity index (χ3n) is 4.52. The summed E-state index contributed by atoms with van der Waals surface area (Å²) in [6.45, 7) is 5.36. The van der Waals surface area contributed by atoms with Gasteiger partial charge < -0.3 is 10.1 Å². The van der Waals surface area contributed by atoms with Gasteiger partial charge in [-0.25, -0.2) is 4.68 Å². The SMILES string of the molecule is Cc1cc(=O)c(C(=O)NCc2ccccc2OC(C)C)nn1-c1cccc(C(F)(F)F)c1. The summed E-state index contributed by atoms with van der Waals surface area (Å²) in [5.41, 5.74) is -0.823. The van der Waals surface area contributed by atoms with E-state index in [1.54, 1.807) is 24.3 Å². The van der Waals surface area contributed by atoms with Crippen LogP contribution in [0.25, 0.3) is 5.69 Å². The summed E-state index contributed by atoms with van der Waals surface area (Å²) >= 11 is 0. The summed E-state index contributed by atoms with van der Waals surface area (Å²) in [4.78, 5) is 25.1. The minimum Gasteiger partial charge on any atom is -0.491 e. The molecule has 168 valence electrons. The molecule has 0 aliphatic carbocycles. The normalized spacial score (nSPS) is 11.5. The van der Waals surface area contributed by atoms with Crippen molar-refractivity contribution in [1.82, 2.24) is 15.1 Å². The van der Waals surface area contributed by atoms with Crippen LogP contribution in [0.2, 0.25) is 0 Å². The number of hydrogen-bond acceptors (Lipinski definition) is 4. The van der Waals surface area contributed by atoms with Crippen LogP contribution in [0.3, 0.4) is 0 Å². The Hall–Kier alpha value is -3.62.